The first-order valence-corrected chi connectivity index (χ1v) is 11.2. The summed E-state index contributed by atoms with van der Waals surface area (Å²) in [7, 11) is 1.98. The third kappa shape index (κ3) is 5.17. The first-order valence-electron chi connectivity index (χ1n) is 10.8. The minimum atomic E-state index is -4.48. The van der Waals surface area contributed by atoms with E-state index in [4.69, 9.17) is 11.6 Å². The summed E-state index contributed by atoms with van der Waals surface area (Å²) in [6, 6.07) is 11.6. The summed E-state index contributed by atoms with van der Waals surface area (Å²) in [5.74, 6) is -1.54. The van der Waals surface area contributed by atoms with Crippen LogP contribution in [0.25, 0.3) is 0 Å². The van der Waals surface area contributed by atoms with Gasteiger partial charge in [0.2, 0.25) is 5.91 Å². The summed E-state index contributed by atoms with van der Waals surface area (Å²) in [6.07, 6.45) is -4.48. The lowest BCUT2D eigenvalue weighted by atomic mass is 9.87. The Morgan fingerprint density at radius 1 is 0.939 bits per heavy atom. The Labute approximate surface area is 195 Å². The molecule has 2 saturated heterocycles. The number of likely N-dealkylation sites (N-methyl/N-ethyl adjacent to an activating group) is 1. The van der Waals surface area contributed by atoms with Crippen LogP contribution < -0.4 is 0 Å². The number of rotatable bonds is 3. The van der Waals surface area contributed by atoms with E-state index >= 15 is 0 Å². The van der Waals surface area contributed by atoms with E-state index in [0.29, 0.717) is 29.2 Å². The minimum Gasteiger partial charge on any atom is -0.340 e. The summed E-state index contributed by atoms with van der Waals surface area (Å²) >= 11 is 6.03. The van der Waals surface area contributed by atoms with Gasteiger partial charge in [0.15, 0.2) is 0 Å². The van der Waals surface area contributed by atoms with Crippen LogP contribution in [0.4, 0.5) is 13.2 Å². The third-order valence-corrected chi connectivity index (χ3v) is 6.69. The van der Waals surface area contributed by atoms with Gasteiger partial charge in [-0.1, -0.05) is 35.9 Å². The van der Waals surface area contributed by atoms with Crippen molar-refractivity contribution in [3.8, 4) is 0 Å². The van der Waals surface area contributed by atoms with E-state index in [1.165, 1.54) is 6.07 Å². The number of amides is 2. The molecule has 0 spiro atoms. The monoisotopic (exact) mass is 479 g/mol. The van der Waals surface area contributed by atoms with Gasteiger partial charge in [-0.3, -0.25) is 9.59 Å². The zero-order valence-corrected chi connectivity index (χ0v) is 18.9. The first kappa shape index (κ1) is 23.6. The number of alkyl halides is 3. The number of hydrogen-bond donors (Lipinski definition) is 0. The second-order valence-corrected chi connectivity index (χ2v) is 9.12. The molecule has 2 aromatic rings. The summed E-state index contributed by atoms with van der Waals surface area (Å²) in [6.45, 7) is 2.90. The predicted octanol–water partition coefficient (Wildman–Crippen LogP) is 3.99. The van der Waals surface area contributed by atoms with Gasteiger partial charge in [-0.2, -0.15) is 13.2 Å². The van der Waals surface area contributed by atoms with Gasteiger partial charge in [0, 0.05) is 55.8 Å². The normalized spacial score (nSPS) is 22.0. The van der Waals surface area contributed by atoms with Crippen LogP contribution in [0.1, 0.15) is 27.4 Å². The van der Waals surface area contributed by atoms with E-state index in [-0.39, 0.29) is 24.9 Å². The van der Waals surface area contributed by atoms with E-state index in [9.17, 15) is 22.8 Å². The molecule has 0 aliphatic carbocycles. The Bertz CT molecular complexity index is 1040. The van der Waals surface area contributed by atoms with E-state index in [0.717, 1.165) is 25.2 Å². The maximum atomic E-state index is 13.5. The van der Waals surface area contributed by atoms with Crippen molar-refractivity contribution in [2.45, 2.75) is 12.1 Å². The van der Waals surface area contributed by atoms with Crippen molar-refractivity contribution in [1.82, 2.24) is 14.7 Å². The molecule has 4 rings (SSSR count). The quantitative estimate of drug-likeness (QED) is 0.668. The van der Waals surface area contributed by atoms with Gasteiger partial charge in [0.05, 0.1) is 11.5 Å². The Morgan fingerprint density at radius 2 is 1.64 bits per heavy atom. The molecule has 5 nitrogen and oxygen atoms in total. The molecule has 176 valence electrons. The van der Waals surface area contributed by atoms with Gasteiger partial charge >= 0.3 is 6.18 Å². The molecule has 2 amide bonds. The zero-order valence-electron chi connectivity index (χ0n) is 18.2. The van der Waals surface area contributed by atoms with Crippen LogP contribution in [0.15, 0.2) is 48.5 Å². The first-order chi connectivity index (χ1) is 15.6. The summed E-state index contributed by atoms with van der Waals surface area (Å²) in [5.41, 5.74) is 0.0436. The fourth-order valence-corrected chi connectivity index (χ4v) is 4.76. The Morgan fingerprint density at radius 3 is 2.30 bits per heavy atom. The Balaban J connectivity index is 1.64. The van der Waals surface area contributed by atoms with Crippen LogP contribution >= 0.6 is 11.6 Å². The molecule has 2 fully saturated rings. The van der Waals surface area contributed by atoms with Crippen molar-refractivity contribution < 1.29 is 22.8 Å². The Hall–Kier alpha value is -2.58. The average molecular weight is 480 g/mol. The maximum absolute atomic E-state index is 13.5. The number of likely N-dealkylation sites (tertiary alicyclic amines) is 1. The van der Waals surface area contributed by atoms with Gasteiger partial charge < -0.3 is 14.7 Å². The van der Waals surface area contributed by atoms with Crippen LogP contribution in [0.2, 0.25) is 5.02 Å². The number of nitrogens with zero attached hydrogens (tertiary/aromatic N) is 3. The molecular weight excluding hydrogens is 455 g/mol. The second-order valence-electron chi connectivity index (χ2n) is 8.69. The highest BCUT2D eigenvalue weighted by atomic mass is 35.5. The van der Waals surface area contributed by atoms with Crippen LogP contribution in [-0.2, 0) is 11.0 Å². The third-order valence-electron chi connectivity index (χ3n) is 6.45. The highest BCUT2D eigenvalue weighted by Gasteiger charge is 2.43. The minimum absolute atomic E-state index is 0.119. The molecule has 9 heteroatoms. The molecule has 2 aliphatic heterocycles. The molecule has 2 atom stereocenters. The van der Waals surface area contributed by atoms with Gasteiger partial charge in [-0.25, -0.2) is 0 Å². The van der Waals surface area contributed by atoms with E-state index in [1.807, 2.05) is 7.05 Å². The molecule has 33 heavy (non-hydrogen) atoms. The standard InChI is InChI=1S/C24H25ClF3N3O2/c1-29-8-10-30(11-9-29)23(33)21-15-31(22(32)17-5-3-7-19(25)13-17)14-20(21)16-4-2-6-18(12-16)24(26,27)28/h2-7,12-13,20-21H,8-11,14-15H2,1H3/t20-,21-/m0/s1. The highest BCUT2D eigenvalue weighted by Crippen LogP contribution is 2.38. The molecule has 0 aromatic heterocycles. The highest BCUT2D eigenvalue weighted by molar-refractivity contribution is 6.30. The molecular formula is C24H25ClF3N3O2. The molecule has 0 bridgehead atoms. The lowest BCUT2D eigenvalue weighted by Gasteiger charge is -2.35. The zero-order chi connectivity index (χ0) is 23.8. The van der Waals surface area contributed by atoms with Crippen LogP contribution in [-0.4, -0.2) is 72.8 Å². The van der Waals surface area contributed by atoms with Crippen molar-refractivity contribution in [3.05, 3.63) is 70.2 Å². The topological polar surface area (TPSA) is 43.9 Å². The van der Waals surface area contributed by atoms with Gasteiger partial charge in [0.1, 0.15) is 0 Å². The van der Waals surface area contributed by atoms with E-state index < -0.39 is 23.6 Å². The number of hydrogen-bond acceptors (Lipinski definition) is 3. The van der Waals surface area contributed by atoms with Crippen molar-refractivity contribution in [2.24, 2.45) is 5.92 Å². The van der Waals surface area contributed by atoms with Gasteiger partial charge in [-0.05, 0) is 36.9 Å². The van der Waals surface area contributed by atoms with Crippen LogP contribution in [0, 0.1) is 5.92 Å². The largest absolute Gasteiger partial charge is 0.416 e. The van der Waals surface area contributed by atoms with Crippen molar-refractivity contribution in [1.29, 1.82) is 0 Å². The van der Waals surface area contributed by atoms with Crippen molar-refractivity contribution in [3.63, 3.8) is 0 Å². The van der Waals surface area contributed by atoms with Crippen molar-refractivity contribution >= 4 is 23.4 Å². The molecule has 0 radical (unpaired) electrons. The second kappa shape index (κ2) is 9.35. The molecule has 0 unspecified atom stereocenters. The summed E-state index contributed by atoms with van der Waals surface area (Å²) in [4.78, 5) is 32.0. The van der Waals surface area contributed by atoms with Crippen LogP contribution in [0.5, 0.6) is 0 Å². The Kier molecular flexibility index (Phi) is 6.68. The van der Waals surface area contributed by atoms with Crippen LogP contribution in [0.3, 0.4) is 0 Å². The average Bonchev–Trinajstić information content (AvgIpc) is 3.23. The number of benzene rings is 2. The number of carbonyl (C=O) groups is 2. The summed E-state index contributed by atoms with van der Waals surface area (Å²) in [5, 5.41) is 0.416. The molecule has 2 aliphatic rings. The lowest BCUT2D eigenvalue weighted by molar-refractivity contribution is -0.137. The predicted molar refractivity (Wildman–Crippen MR) is 119 cm³/mol. The van der Waals surface area contributed by atoms with Gasteiger partial charge in [-0.15, -0.1) is 0 Å². The number of piperazine rings is 1. The fraction of sp³-hybridized carbons (Fsp3) is 0.417. The fourth-order valence-electron chi connectivity index (χ4n) is 4.57. The molecule has 0 N–H and O–H groups in total. The van der Waals surface area contributed by atoms with Crippen molar-refractivity contribution in [2.75, 3.05) is 46.3 Å². The summed E-state index contributed by atoms with van der Waals surface area (Å²) < 4.78 is 40.0. The number of carbonyl (C=O) groups excluding carboxylic acids is 2. The molecule has 0 saturated carbocycles. The smallest absolute Gasteiger partial charge is 0.340 e. The van der Waals surface area contributed by atoms with Gasteiger partial charge in [0.25, 0.3) is 5.91 Å². The van der Waals surface area contributed by atoms with E-state index in [2.05, 4.69) is 4.90 Å². The molecule has 2 aromatic carbocycles. The number of halogens is 4. The maximum Gasteiger partial charge on any atom is 0.416 e. The lowest BCUT2D eigenvalue weighted by Crippen LogP contribution is -2.50. The molecule has 2 heterocycles. The SMILES string of the molecule is CN1CCN(C(=O)[C@H]2CN(C(=O)c3cccc(Cl)c3)C[C@H]2c2cccc(C(F)(F)F)c2)CC1. The van der Waals surface area contributed by atoms with E-state index in [1.54, 1.807) is 40.1 Å².